The van der Waals surface area contributed by atoms with E-state index in [4.69, 9.17) is 14.5 Å². The molecule has 1 fully saturated rings. The number of rotatable bonds is 8. The molecule has 8 nitrogen and oxygen atoms in total. The number of carbonyl (C=O) groups is 2. The molecule has 0 atom stereocenters. The van der Waals surface area contributed by atoms with Crippen molar-refractivity contribution in [1.82, 2.24) is 14.5 Å². The van der Waals surface area contributed by atoms with Crippen LogP contribution in [0.15, 0.2) is 107 Å². The molecule has 0 radical (unpaired) electrons. The number of fused-ring (bicyclic) bond motifs is 1. The molecule has 3 aromatic carbocycles. The van der Waals surface area contributed by atoms with Crippen molar-refractivity contribution in [2.24, 2.45) is 4.99 Å². The fourth-order valence-corrected chi connectivity index (χ4v) is 5.89. The number of nitrogens with zero attached hydrogens (tertiary/aromatic N) is 3. The zero-order valence-electron chi connectivity index (χ0n) is 23.1. The van der Waals surface area contributed by atoms with E-state index in [0.717, 1.165) is 39.3 Å². The molecule has 1 saturated heterocycles. The van der Waals surface area contributed by atoms with E-state index in [9.17, 15) is 9.59 Å². The highest BCUT2D eigenvalue weighted by Crippen LogP contribution is 2.35. The minimum Gasteiger partial charge on any atom is -0.497 e. The summed E-state index contributed by atoms with van der Waals surface area (Å²) in [6.45, 7) is 0.482. The van der Waals surface area contributed by atoms with Gasteiger partial charge in [0.15, 0.2) is 5.17 Å². The normalized spacial score (nSPS) is 15.2. The quantitative estimate of drug-likeness (QED) is 0.166. The molecule has 1 aliphatic heterocycles. The number of hydrogen-bond acceptors (Lipinski definition) is 6. The van der Waals surface area contributed by atoms with Gasteiger partial charge in [-0.15, -0.1) is 0 Å². The van der Waals surface area contributed by atoms with Gasteiger partial charge in [-0.25, -0.2) is 9.79 Å². The van der Waals surface area contributed by atoms with Crippen molar-refractivity contribution < 1.29 is 19.1 Å². The van der Waals surface area contributed by atoms with Crippen LogP contribution in [0.4, 0.5) is 5.69 Å². The van der Waals surface area contributed by atoms with Crippen molar-refractivity contribution in [3.05, 3.63) is 119 Å². The first-order valence-corrected chi connectivity index (χ1v) is 14.2. The van der Waals surface area contributed by atoms with Crippen LogP contribution in [0, 0.1) is 0 Å². The minimum atomic E-state index is -0.388. The lowest BCUT2D eigenvalue weighted by Gasteiger charge is -2.15. The number of aromatic nitrogens is 2. The summed E-state index contributed by atoms with van der Waals surface area (Å²) in [5, 5.41) is 1.77. The molecule has 6 rings (SSSR count). The molecule has 0 spiro atoms. The first-order valence-electron chi connectivity index (χ1n) is 13.4. The number of amidine groups is 1. The minimum absolute atomic E-state index is 0.0964. The van der Waals surface area contributed by atoms with Gasteiger partial charge in [0.25, 0.3) is 5.91 Å². The van der Waals surface area contributed by atoms with E-state index in [1.807, 2.05) is 89.8 Å². The van der Waals surface area contributed by atoms with Gasteiger partial charge < -0.3 is 19.0 Å². The molecule has 0 aliphatic carbocycles. The third-order valence-corrected chi connectivity index (χ3v) is 8.10. The number of aromatic amines is 1. The summed E-state index contributed by atoms with van der Waals surface area (Å²) in [4.78, 5) is 36.2. The maximum atomic E-state index is 13.8. The first kappa shape index (κ1) is 27.2. The van der Waals surface area contributed by atoms with Gasteiger partial charge in [-0.1, -0.05) is 18.2 Å². The Morgan fingerprint density at radius 3 is 2.52 bits per heavy atom. The van der Waals surface area contributed by atoms with Gasteiger partial charge in [-0.05, 0) is 96.6 Å². The number of thioether (sulfide) groups is 1. The smallest absolute Gasteiger partial charge is 0.337 e. The van der Waals surface area contributed by atoms with E-state index in [1.54, 1.807) is 24.1 Å². The Labute approximate surface area is 247 Å². The van der Waals surface area contributed by atoms with Crippen molar-refractivity contribution >= 4 is 51.5 Å². The molecule has 210 valence electrons. The zero-order valence-corrected chi connectivity index (χ0v) is 23.9. The molecule has 42 heavy (non-hydrogen) atoms. The number of amides is 1. The summed E-state index contributed by atoms with van der Waals surface area (Å²) in [6, 6.07) is 26.6. The molecular formula is C33H28N4O4S. The van der Waals surface area contributed by atoms with Crippen LogP contribution in [0.3, 0.4) is 0 Å². The summed E-state index contributed by atoms with van der Waals surface area (Å²) in [7, 11) is 2.98. The van der Waals surface area contributed by atoms with Gasteiger partial charge in [-0.3, -0.25) is 9.69 Å². The molecule has 0 saturated carbocycles. The average molecular weight is 577 g/mol. The van der Waals surface area contributed by atoms with Gasteiger partial charge in [0, 0.05) is 41.2 Å². The number of carbonyl (C=O) groups excluding carboxylic acids is 2. The van der Waals surface area contributed by atoms with Crippen LogP contribution in [-0.4, -0.2) is 52.3 Å². The van der Waals surface area contributed by atoms with Crippen molar-refractivity contribution in [1.29, 1.82) is 0 Å². The molecule has 3 heterocycles. The lowest BCUT2D eigenvalue weighted by Crippen LogP contribution is -2.31. The molecule has 1 N–H and O–H groups in total. The summed E-state index contributed by atoms with van der Waals surface area (Å²) in [5.41, 5.74) is 5.12. The van der Waals surface area contributed by atoms with E-state index in [0.29, 0.717) is 28.6 Å². The maximum Gasteiger partial charge on any atom is 0.337 e. The first-order chi connectivity index (χ1) is 20.5. The summed E-state index contributed by atoms with van der Waals surface area (Å²) in [5.74, 6) is 0.257. The largest absolute Gasteiger partial charge is 0.497 e. The van der Waals surface area contributed by atoms with Gasteiger partial charge in [0.2, 0.25) is 0 Å². The monoisotopic (exact) mass is 576 g/mol. The molecule has 0 unspecified atom stereocenters. The lowest BCUT2D eigenvalue weighted by molar-refractivity contribution is -0.122. The number of aliphatic imine (C=N–C) groups is 1. The summed E-state index contributed by atoms with van der Waals surface area (Å²) < 4.78 is 12.1. The predicted octanol–water partition coefficient (Wildman–Crippen LogP) is 6.60. The molecule has 1 aliphatic rings. The Morgan fingerprint density at radius 2 is 1.76 bits per heavy atom. The van der Waals surface area contributed by atoms with Gasteiger partial charge in [0.1, 0.15) is 5.75 Å². The highest BCUT2D eigenvalue weighted by atomic mass is 32.2. The van der Waals surface area contributed by atoms with E-state index in [2.05, 4.69) is 11.1 Å². The van der Waals surface area contributed by atoms with E-state index >= 15 is 0 Å². The maximum absolute atomic E-state index is 13.8. The molecule has 9 heteroatoms. The van der Waals surface area contributed by atoms with E-state index < -0.39 is 0 Å². The topological polar surface area (TPSA) is 88.9 Å². The number of hydrogen-bond donors (Lipinski definition) is 1. The van der Waals surface area contributed by atoms with Crippen LogP contribution in [0.5, 0.6) is 5.75 Å². The van der Waals surface area contributed by atoms with Crippen molar-refractivity contribution in [2.75, 3.05) is 20.8 Å². The number of esters is 1. The Balaban J connectivity index is 1.31. The third kappa shape index (κ3) is 5.46. The van der Waals surface area contributed by atoms with Gasteiger partial charge in [-0.2, -0.15) is 0 Å². The standard InChI is InChI=1S/C33H28N4O4S/c1-40-27-15-11-24(12-16-27)35-33-37(19-17-23-21-34-29-8-4-3-7-28(23)29)31(38)30(42-33)20-26-6-5-18-36(26)25-13-9-22(10-14-25)32(39)41-2/h3-16,18,20-21,34H,17,19H2,1-2H3/b30-20-,35-33?. The van der Waals surface area contributed by atoms with Crippen LogP contribution in [0.1, 0.15) is 21.6 Å². The molecule has 2 aromatic heterocycles. The number of methoxy groups -OCH3 is 2. The third-order valence-electron chi connectivity index (χ3n) is 7.09. The Morgan fingerprint density at radius 1 is 0.976 bits per heavy atom. The summed E-state index contributed by atoms with van der Waals surface area (Å²) >= 11 is 1.36. The van der Waals surface area contributed by atoms with Crippen LogP contribution < -0.4 is 4.74 Å². The van der Waals surface area contributed by atoms with Crippen LogP contribution >= 0.6 is 11.8 Å². The fraction of sp³-hybridized carbons (Fsp3) is 0.121. The van der Waals surface area contributed by atoms with Crippen LogP contribution in [0.25, 0.3) is 22.7 Å². The Bertz CT molecular complexity index is 1820. The van der Waals surface area contributed by atoms with Gasteiger partial charge in [0.05, 0.1) is 30.4 Å². The SMILES string of the molecule is COC(=O)c1ccc(-n2cccc2/C=C2\SC(=Nc3ccc(OC)cc3)N(CCc3c[nH]c4ccccc34)C2=O)cc1. The number of para-hydroxylation sites is 1. The highest BCUT2D eigenvalue weighted by Gasteiger charge is 2.33. The lowest BCUT2D eigenvalue weighted by atomic mass is 10.1. The molecule has 5 aromatic rings. The van der Waals surface area contributed by atoms with Crippen molar-refractivity contribution in [3.8, 4) is 11.4 Å². The fourth-order valence-electron chi connectivity index (χ4n) is 4.88. The second-order valence-electron chi connectivity index (χ2n) is 9.61. The Hall–Kier alpha value is -5.02. The number of ether oxygens (including phenoxy) is 2. The number of nitrogens with one attached hydrogen (secondary N) is 1. The molecule has 1 amide bonds. The van der Waals surface area contributed by atoms with Crippen LogP contribution in [-0.2, 0) is 16.0 Å². The number of H-pyrrole nitrogens is 1. The number of benzene rings is 3. The second kappa shape index (κ2) is 11.8. The van der Waals surface area contributed by atoms with E-state index in [-0.39, 0.29) is 11.9 Å². The van der Waals surface area contributed by atoms with Crippen molar-refractivity contribution in [3.63, 3.8) is 0 Å². The average Bonchev–Trinajstić information content (AvgIpc) is 3.74. The van der Waals surface area contributed by atoms with E-state index in [1.165, 1.54) is 18.9 Å². The van der Waals surface area contributed by atoms with Crippen LogP contribution in [0.2, 0.25) is 0 Å². The highest BCUT2D eigenvalue weighted by molar-refractivity contribution is 8.18. The Kier molecular flexibility index (Phi) is 7.66. The van der Waals surface area contributed by atoms with Gasteiger partial charge >= 0.3 is 5.97 Å². The summed E-state index contributed by atoms with van der Waals surface area (Å²) in [6.07, 6.45) is 6.49. The second-order valence-corrected chi connectivity index (χ2v) is 10.6. The van der Waals surface area contributed by atoms with Crippen molar-refractivity contribution in [2.45, 2.75) is 6.42 Å². The predicted molar refractivity (Wildman–Crippen MR) is 166 cm³/mol. The zero-order chi connectivity index (χ0) is 29.1. The molecule has 0 bridgehead atoms. The molecular weight excluding hydrogens is 548 g/mol.